The maximum absolute atomic E-state index is 12.9. The van der Waals surface area contributed by atoms with E-state index in [1.165, 1.54) is 31.4 Å². The zero-order valence-electron chi connectivity index (χ0n) is 27.8. The standard InChI is InChI=1S/C39H42N2O8/c1-3-4-5-6-9-24-48-32-22-16-29(17-23-32)39(46)49-33-20-12-27(13-21-33)25-34(38(44)45)41-37(43)28-14-18-31(19-15-28)40-36(42)26-30-10-7-8-11-35(30)47-2/h7-8,10-23,34H,3-6,9,24-26H2,1-2H3,(H,40,42)(H,41,43)(H,44,45)/t34-/m0/s1. The summed E-state index contributed by atoms with van der Waals surface area (Å²) in [7, 11) is 1.54. The number of unbranched alkanes of at least 4 members (excludes halogenated alkanes) is 4. The minimum atomic E-state index is -1.21. The fourth-order valence-electron chi connectivity index (χ4n) is 5.05. The van der Waals surface area contributed by atoms with Crippen molar-refractivity contribution in [1.29, 1.82) is 0 Å². The third-order valence-corrected chi connectivity index (χ3v) is 7.76. The minimum absolute atomic E-state index is 0.00640. The number of hydrogen-bond acceptors (Lipinski definition) is 7. The molecule has 4 rings (SSSR count). The SMILES string of the molecule is CCCCCCCOc1ccc(C(=O)Oc2ccc(C[C@H](NC(=O)c3ccc(NC(=O)Cc4ccccc4OC)cc3)C(=O)O)cc2)cc1. The van der Waals surface area contributed by atoms with E-state index in [2.05, 4.69) is 17.6 Å². The van der Waals surface area contributed by atoms with Gasteiger partial charge in [-0.2, -0.15) is 0 Å². The first kappa shape index (κ1) is 36.2. The molecule has 1 atom stereocenters. The highest BCUT2D eigenvalue weighted by atomic mass is 16.5. The van der Waals surface area contributed by atoms with Gasteiger partial charge >= 0.3 is 11.9 Å². The fraction of sp³-hybridized carbons (Fsp3) is 0.282. The predicted octanol–water partition coefficient (Wildman–Crippen LogP) is 6.87. The van der Waals surface area contributed by atoms with Gasteiger partial charge in [0.2, 0.25) is 5.91 Å². The Morgan fingerprint density at radius 3 is 2.08 bits per heavy atom. The number of esters is 1. The minimum Gasteiger partial charge on any atom is -0.496 e. The fourth-order valence-corrected chi connectivity index (χ4v) is 5.05. The topological polar surface area (TPSA) is 140 Å². The molecule has 0 aliphatic carbocycles. The number of amides is 2. The molecule has 4 aromatic rings. The molecule has 0 heterocycles. The number of para-hydroxylation sites is 1. The van der Waals surface area contributed by atoms with Crippen LogP contribution >= 0.6 is 0 Å². The summed E-state index contributed by atoms with van der Waals surface area (Å²) in [4.78, 5) is 50.1. The van der Waals surface area contributed by atoms with Gasteiger partial charge < -0.3 is 30.0 Å². The molecule has 3 N–H and O–H groups in total. The Morgan fingerprint density at radius 2 is 1.41 bits per heavy atom. The number of methoxy groups -OCH3 is 1. The van der Waals surface area contributed by atoms with E-state index in [9.17, 15) is 24.3 Å². The zero-order valence-corrected chi connectivity index (χ0v) is 27.8. The third kappa shape index (κ3) is 11.5. The molecule has 0 unspecified atom stereocenters. The van der Waals surface area contributed by atoms with Gasteiger partial charge in [-0.15, -0.1) is 0 Å². The Bertz CT molecular complexity index is 1690. The number of hydrogen-bond donors (Lipinski definition) is 3. The maximum Gasteiger partial charge on any atom is 0.343 e. The van der Waals surface area contributed by atoms with Crippen LogP contribution in [0.5, 0.6) is 17.2 Å². The lowest BCUT2D eigenvalue weighted by molar-refractivity contribution is -0.139. The van der Waals surface area contributed by atoms with Crippen LogP contribution in [0, 0.1) is 0 Å². The third-order valence-electron chi connectivity index (χ3n) is 7.76. The average Bonchev–Trinajstić information content (AvgIpc) is 3.11. The zero-order chi connectivity index (χ0) is 35.0. The highest BCUT2D eigenvalue weighted by molar-refractivity contribution is 5.98. The van der Waals surface area contributed by atoms with Gasteiger partial charge in [-0.1, -0.05) is 62.9 Å². The van der Waals surface area contributed by atoms with E-state index in [0.29, 0.717) is 40.7 Å². The summed E-state index contributed by atoms with van der Waals surface area (Å²) < 4.78 is 16.5. The molecule has 10 nitrogen and oxygen atoms in total. The number of anilines is 1. The molecular formula is C39H42N2O8. The van der Waals surface area contributed by atoms with Gasteiger partial charge in [0.15, 0.2) is 0 Å². The number of carboxylic acid groups (broad SMARTS) is 1. The second-order valence-corrected chi connectivity index (χ2v) is 11.5. The van der Waals surface area contributed by atoms with Gasteiger partial charge in [-0.3, -0.25) is 9.59 Å². The summed E-state index contributed by atoms with van der Waals surface area (Å²) in [6.07, 6.45) is 5.87. The molecule has 0 saturated heterocycles. The van der Waals surface area contributed by atoms with Crippen molar-refractivity contribution in [2.45, 2.75) is 57.9 Å². The lowest BCUT2D eigenvalue weighted by atomic mass is 10.0. The smallest absolute Gasteiger partial charge is 0.343 e. The van der Waals surface area contributed by atoms with Crippen molar-refractivity contribution in [3.05, 3.63) is 119 Å². The van der Waals surface area contributed by atoms with Crippen LogP contribution in [0.4, 0.5) is 5.69 Å². The average molecular weight is 667 g/mol. The Hall–Kier alpha value is -5.64. The number of nitrogens with one attached hydrogen (secondary N) is 2. The van der Waals surface area contributed by atoms with E-state index < -0.39 is 23.9 Å². The Kier molecular flexibility index (Phi) is 13.8. The quantitative estimate of drug-likeness (QED) is 0.0594. The number of aliphatic carboxylic acids is 1. The summed E-state index contributed by atoms with van der Waals surface area (Å²) >= 11 is 0. The van der Waals surface area contributed by atoms with Crippen molar-refractivity contribution in [3.63, 3.8) is 0 Å². The van der Waals surface area contributed by atoms with Crippen molar-refractivity contribution in [1.82, 2.24) is 5.32 Å². The van der Waals surface area contributed by atoms with Crippen molar-refractivity contribution in [2.24, 2.45) is 0 Å². The van der Waals surface area contributed by atoms with Gasteiger partial charge in [0.1, 0.15) is 23.3 Å². The first-order valence-corrected chi connectivity index (χ1v) is 16.3. The van der Waals surface area contributed by atoms with Crippen LogP contribution in [0.1, 0.15) is 70.9 Å². The molecule has 2 amide bonds. The molecular weight excluding hydrogens is 624 g/mol. The first-order chi connectivity index (χ1) is 23.7. The van der Waals surface area contributed by atoms with Crippen molar-refractivity contribution in [3.8, 4) is 17.2 Å². The van der Waals surface area contributed by atoms with Gasteiger partial charge in [-0.25, -0.2) is 9.59 Å². The molecule has 0 saturated carbocycles. The van der Waals surface area contributed by atoms with E-state index in [1.54, 1.807) is 73.8 Å². The Morgan fingerprint density at radius 1 is 0.755 bits per heavy atom. The number of rotatable bonds is 18. The van der Waals surface area contributed by atoms with Crippen LogP contribution < -0.4 is 24.8 Å². The van der Waals surface area contributed by atoms with Crippen LogP contribution in [0.25, 0.3) is 0 Å². The van der Waals surface area contributed by atoms with Gasteiger partial charge in [0.05, 0.1) is 25.7 Å². The van der Waals surface area contributed by atoms with Crippen molar-refractivity contribution in [2.75, 3.05) is 19.0 Å². The first-order valence-electron chi connectivity index (χ1n) is 16.3. The summed E-state index contributed by atoms with van der Waals surface area (Å²) in [6, 6.07) is 25.4. The summed E-state index contributed by atoms with van der Waals surface area (Å²) in [5.41, 5.74) is 2.46. The molecule has 0 spiro atoms. The molecule has 0 aliphatic rings. The van der Waals surface area contributed by atoms with E-state index in [4.69, 9.17) is 14.2 Å². The van der Waals surface area contributed by atoms with E-state index >= 15 is 0 Å². The van der Waals surface area contributed by atoms with Gasteiger partial charge in [0, 0.05) is 23.2 Å². The molecule has 4 aromatic carbocycles. The van der Waals surface area contributed by atoms with Crippen LogP contribution in [0.3, 0.4) is 0 Å². The van der Waals surface area contributed by atoms with Crippen LogP contribution in [0.15, 0.2) is 97.1 Å². The number of carboxylic acids is 1. The molecule has 0 radical (unpaired) electrons. The molecule has 0 fully saturated rings. The number of ether oxygens (including phenoxy) is 3. The monoisotopic (exact) mass is 666 g/mol. The molecule has 0 aromatic heterocycles. The van der Waals surface area contributed by atoms with Gasteiger partial charge in [-0.05, 0) is 78.7 Å². The van der Waals surface area contributed by atoms with Crippen molar-refractivity contribution < 1.29 is 38.5 Å². The molecule has 256 valence electrons. The predicted molar refractivity (Wildman–Crippen MR) is 186 cm³/mol. The second-order valence-electron chi connectivity index (χ2n) is 11.5. The largest absolute Gasteiger partial charge is 0.496 e. The molecule has 49 heavy (non-hydrogen) atoms. The lowest BCUT2D eigenvalue weighted by Crippen LogP contribution is -2.42. The van der Waals surface area contributed by atoms with E-state index in [1.807, 2.05) is 18.2 Å². The lowest BCUT2D eigenvalue weighted by Gasteiger charge is -2.15. The molecule has 0 bridgehead atoms. The normalized spacial score (nSPS) is 11.2. The Balaban J connectivity index is 1.25. The van der Waals surface area contributed by atoms with Crippen LogP contribution in [0.2, 0.25) is 0 Å². The maximum atomic E-state index is 12.9. The number of carbonyl (C=O) groups is 4. The van der Waals surface area contributed by atoms with E-state index in [0.717, 1.165) is 18.4 Å². The van der Waals surface area contributed by atoms with Gasteiger partial charge in [0.25, 0.3) is 5.91 Å². The summed E-state index contributed by atoms with van der Waals surface area (Å²) in [6.45, 7) is 2.81. The molecule has 0 aliphatic heterocycles. The number of benzene rings is 4. The second kappa shape index (κ2) is 18.6. The van der Waals surface area contributed by atoms with Crippen LogP contribution in [-0.2, 0) is 22.4 Å². The van der Waals surface area contributed by atoms with Crippen molar-refractivity contribution >= 4 is 29.4 Å². The van der Waals surface area contributed by atoms with E-state index in [-0.39, 0.29) is 24.3 Å². The molecule has 10 heteroatoms. The Labute approximate surface area is 286 Å². The summed E-state index contributed by atoms with van der Waals surface area (Å²) in [5.74, 6) is -0.956. The highest BCUT2D eigenvalue weighted by Crippen LogP contribution is 2.20. The number of carbonyl (C=O) groups excluding carboxylic acids is 3. The highest BCUT2D eigenvalue weighted by Gasteiger charge is 2.22. The van der Waals surface area contributed by atoms with Crippen LogP contribution in [-0.4, -0.2) is 48.6 Å². The summed E-state index contributed by atoms with van der Waals surface area (Å²) in [5, 5.41) is 15.1.